The Kier molecular flexibility index (Phi) is 4.17. The smallest absolute Gasteiger partial charge is 0.234 e. The van der Waals surface area contributed by atoms with Crippen LogP contribution in [0.5, 0.6) is 5.88 Å². The van der Waals surface area contributed by atoms with Crippen LogP contribution in [0.4, 0.5) is 5.82 Å². The van der Waals surface area contributed by atoms with E-state index in [1.165, 1.54) is 6.07 Å². The number of pyridine rings is 1. The summed E-state index contributed by atoms with van der Waals surface area (Å²) in [7, 11) is 0. The number of ether oxygens (including phenoxy) is 1. The number of hydrogen-bond donors (Lipinski definition) is 1. The molecule has 0 saturated heterocycles. The third-order valence-corrected chi connectivity index (χ3v) is 3.04. The predicted molar refractivity (Wildman–Crippen MR) is 74.5 cm³/mol. The fourth-order valence-electron chi connectivity index (χ4n) is 1.30. The van der Waals surface area contributed by atoms with Crippen LogP contribution in [0.3, 0.4) is 0 Å². The van der Waals surface area contributed by atoms with Gasteiger partial charge in [-0.1, -0.05) is 46.9 Å². The third kappa shape index (κ3) is 3.19. The van der Waals surface area contributed by atoms with Crippen LogP contribution < -0.4 is 10.5 Å². The molecule has 0 radical (unpaired) electrons. The maximum atomic E-state index is 5.94. The molecule has 0 aliphatic carbocycles. The molecular weight excluding hydrogens is 295 g/mol. The molecule has 0 saturated carbocycles. The van der Waals surface area contributed by atoms with Crippen LogP contribution in [-0.2, 0) is 6.61 Å². The summed E-state index contributed by atoms with van der Waals surface area (Å²) in [4.78, 5) is 3.97. The van der Waals surface area contributed by atoms with Gasteiger partial charge in [-0.3, -0.25) is 0 Å². The molecule has 0 spiro atoms. The molecule has 0 unspecified atom stereocenters. The Morgan fingerprint density at radius 3 is 2.39 bits per heavy atom. The third-order valence-electron chi connectivity index (χ3n) is 2.21. The monoisotopic (exact) mass is 302 g/mol. The van der Waals surface area contributed by atoms with Crippen molar-refractivity contribution in [3.05, 3.63) is 51.0 Å². The highest BCUT2D eigenvalue weighted by molar-refractivity contribution is 6.36. The quantitative estimate of drug-likeness (QED) is 0.924. The van der Waals surface area contributed by atoms with Crippen LogP contribution in [-0.4, -0.2) is 4.98 Å². The summed E-state index contributed by atoms with van der Waals surface area (Å²) >= 11 is 17.5. The number of anilines is 1. The molecule has 18 heavy (non-hydrogen) atoms. The Morgan fingerprint density at radius 1 is 1.06 bits per heavy atom. The normalized spacial score (nSPS) is 10.4. The van der Waals surface area contributed by atoms with E-state index in [-0.39, 0.29) is 11.7 Å². The van der Waals surface area contributed by atoms with E-state index in [1.807, 2.05) is 12.1 Å². The fraction of sp³-hybridized carbons (Fsp3) is 0.0833. The van der Waals surface area contributed by atoms with Crippen molar-refractivity contribution >= 4 is 40.6 Å². The first-order chi connectivity index (χ1) is 8.56. The molecule has 94 valence electrons. The zero-order chi connectivity index (χ0) is 13.1. The zero-order valence-corrected chi connectivity index (χ0v) is 11.4. The molecule has 2 rings (SSSR count). The van der Waals surface area contributed by atoms with Gasteiger partial charge in [0, 0.05) is 5.02 Å². The van der Waals surface area contributed by atoms with E-state index in [1.54, 1.807) is 12.1 Å². The Balaban J connectivity index is 2.10. The summed E-state index contributed by atoms with van der Waals surface area (Å²) in [5.74, 6) is 0.445. The van der Waals surface area contributed by atoms with Crippen LogP contribution in [0.2, 0.25) is 15.1 Å². The average molecular weight is 304 g/mol. The summed E-state index contributed by atoms with van der Waals surface area (Å²) in [6.07, 6.45) is 0. The van der Waals surface area contributed by atoms with E-state index in [9.17, 15) is 0 Å². The lowest BCUT2D eigenvalue weighted by Gasteiger charge is -2.08. The molecule has 1 heterocycles. The summed E-state index contributed by atoms with van der Waals surface area (Å²) in [5.41, 5.74) is 6.53. The van der Waals surface area contributed by atoms with E-state index >= 15 is 0 Å². The first kappa shape index (κ1) is 13.3. The van der Waals surface area contributed by atoms with Crippen LogP contribution >= 0.6 is 34.8 Å². The standard InChI is InChI=1S/C12H9Cl3N2O/c13-8-3-1-7(2-4-8)6-18-12-10(15)5-9(14)11(16)17-12/h1-5H,6H2,(H2,16,17). The van der Waals surface area contributed by atoms with Gasteiger partial charge in [-0.2, -0.15) is 4.98 Å². The van der Waals surface area contributed by atoms with Crippen molar-refractivity contribution in [3.8, 4) is 5.88 Å². The molecule has 0 aliphatic heterocycles. The number of nitrogen functional groups attached to an aromatic ring is 1. The lowest BCUT2D eigenvalue weighted by molar-refractivity contribution is 0.294. The number of halogens is 3. The van der Waals surface area contributed by atoms with Crippen molar-refractivity contribution in [1.82, 2.24) is 4.98 Å². The highest BCUT2D eigenvalue weighted by Gasteiger charge is 2.08. The second-order valence-electron chi connectivity index (χ2n) is 3.56. The van der Waals surface area contributed by atoms with Crippen LogP contribution in [0.1, 0.15) is 5.56 Å². The lowest BCUT2D eigenvalue weighted by atomic mass is 10.2. The maximum Gasteiger partial charge on any atom is 0.234 e. The van der Waals surface area contributed by atoms with Crippen molar-refractivity contribution < 1.29 is 4.74 Å². The summed E-state index contributed by atoms with van der Waals surface area (Å²) in [6.45, 7) is 0.324. The van der Waals surface area contributed by atoms with Crippen molar-refractivity contribution in [2.24, 2.45) is 0 Å². The molecule has 6 heteroatoms. The van der Waals surface area contributed by atoms with Crippen molar-refractivity contribution in [2.45, 2.75) is 6.61 Å². The fourth-order valence-corrected chi connectivity index (χ4v) is 1.84. The molecule has 0 bridgehead atoms. The van der Waals surface area contributed by atoms with Gasteiger partial charge in [0.05, 0.1) is 5.02 Å². The molecule has 0 amide bonds. The van der Waals surface area contributed by atoms with Crippen LogP contribution in [0.25, 0.3) is 0 Å². The molecular formula is C12H9Cl3N2O. The van der Waals surface area contributed by atoms with Gasteiger partial charge in [0.1, 0.15) is 17.4 Å². The number of aromatic nitrogens is 1. The number of rotatable bonds is 3. The minimum Gasteiger partial charge on any atom is -0.472 e. The first-order valence-corrected chi connectivity index (χ1v) is 6.18. The summed E-state index contributed by atoms with van der Waals surface area (Å²) < 4.78 is 5.47. The first-order valence-electron chi connectivity index (χ1n) is 5.05. The van der Waals surface area contributed by atoms with Gasteiger partial charge in [-0.15, -0.1) is 0 Å². The van der Waals surface area contributed by atoms with Crippen molar-refractivity contribution in [1.29, 1.82) is 0 Å². The lowest BCUT2D eigenvalue weighted by Crippen LogP contribution is -2.00. The van der Waals surface area contributed by atoms with Gasteiger partial charge in [0.15, 0.2) is 0 Å². The molecule has 2 aromatic rings. The van der Waals surface area contributed by atoms with Gasteiger partial charge in [-0.05, 0) is 23.8 Å². The molecule has 0 aliphatic rings. The van der Waals surface area contributed by atoms with Gasteiger partial charge >= 0.3 is 0 Å². The molecule has 1 aromatic heterocycles. The Hall–Kier alpha value is -1.16. The topological polar surface area (TPSA) is 48.1 Å². The van der Waals surface area contributed by atoms with Gasteiger partial charge in [0.25, 0.3) is 0 Å². The second kappa shape index (κ2) is 5.65. The summed E-state index contributed by atoms with van der Waals surface area (Å²) in [5, 5.41) is 1.30. The largest absolute Gasteiger partial charge is 0.472 e. The maximum absolute atomic E-state index is 5.94. The number of hydrogen-bond acceptors (Lipinski definition) is 3. The van der Waals surface area contributed by atoms with Gasteiger partial charge in [-0.25, -0.2) is 0 Å². The molecule has 2 N–H and O–H groups in total. The average Bonchev–Trinajstić information content (AvgIpc) is 2.34. The van der Waals surface area contributed by atoms with E-state index in [0.717, 1.165) is 5.56 Å². The van der Waals surface area contributed by atoms with E-state index in [4.69, 9.17) is 45.3 Å². The van der Waals surface area contributed by atoms with Crippen LogP contribution in [0.15, 0.2) is 30.3 Å². The zero-order valence-electron chi connectivity index (χ0n) is 9.16. The highest BCUT2D eigenvalue weighted by atomic mass is 35.5. The van der Waals surface area contributed by atoms with E-state index < -0.39 is 0 Å². The molecule has 0 atom stereocenters. The van der Waals surface area contributed by atoms with E-state index in [2.05, 4.69) is 4.98 Å². The Morgan fingerprint density at radius 2 is 1.72 bits per heavy atom. The second-order valence-corrected chi connectivity index (χ2v) is 4.81. The molecule has 0 fully saturated rings. The molecule has 3 nitrogen and oxygen atoms in total. The molecule has 1 aromatic carbocycles. The van der Waals surface area contributed by atoms with Gasteiger partial charge in [0.2, 0.25) is 5.88 Å². The van der Waals surface area contributed by atoms with Crippen molar-refractivity contribution in [2.75, 3.05) is 5.73 Å². The summed E-state index contributed by atoms with van der Waals surface area (Å²) in [6, 6.07) is 8.78. The van der Waals surface area contributed by atoms with E-state index in [0.29, 0.717) is 21.7 Å². The minimum absolute atomic E-state index is 0.187. The van der Waals surface area contributed by atoms with Gasteiger partial charge < -0.3 is 10.5 Å². The minimum atomic E-state index is 0.187. The number of nitrogens with zero attached hydrogens (tertiary/aromatic N) is 1. The Bertz CT molecular complexity index is 558. The number of nitrogens with two attached hydrogens (primary N) is 1. The predicted octanol–water partition coefficient (Wildman–Crippen LogP) is 4.20. The number of benzene rings is 1. The van der Waals surface area contributed by atoms with Crippen molar-refractivity contribution in [3.63, 3.8) is 0 Å². The SMILES string of the molecule is Nc1nc(OCc2ccc(Cl)cc2)c(Cl)cc1Cl. The Labute approximate surface area is 119 Å². The van der Waals surface area contributed by atoms with Crippen LogP contribution in [0, 0.1) is 0 Å². The highest BCUT2D eigenvalue weighted by Crippen LogP contribution is 2.29.